The molecular weight excluding hydrogens is 408 g/mol. The van der Waals surface area contributed by atoms with E-state index < -0.39 is 10.2 Å². The van der Waals surface area contributed by atoms with Crippen molar-refractivity contribution in [3.05, 3.63) is 65.8 Å². The van der Waals surface area contributed by atoms with Crippen LogP contribution in [-0.4, -0.2) is 28.1 Å². The molecule has 5 heteroatoms. The zero-order chi connectivity index (χ0) is 19.8. The zero-order valence-electron chi connectivity index (χ0n) is 15.2. The molecule has 0 aliphatic heterocycles. The van der Waals surface area contributed by atoms with Crippen molar-refractivity contribution < 1.29 is 19.4 Å². The quantitative estimate of drug-likeness (QED) is 0.721. The molecule has 3 atom stereocenters. The summed E-state index contributed by atoms with van der Waals surface area (Å²) in [6.07, 6.45) is 9.41. The van der Waals surface area contributed by atoms with E-state index in [1.807, 2.05) is 18.2 Å². The van der Waals surface area contributed by atoms with Gasteiger partial charge in [-0.05, 0) is 48.3 Å². The fourth-order valence-electron chi connectivity index (χ4n) is 3.75. The van der Waals surface area contributed by atoms with E-state index >= 15 is 0 Å². The minimum Gasteiger partial charge on any atom is -0.504 e. The highest BCUT2D eigenvalue weighted by Crippen LogP contribution is 2.50. The number of halogens is 1. The Morgan fingerprint density at radius 2 is 2.11 bits per heavy atom. The van der Waals surface area contributed by atoms with Gasteiger partial charge in [0.15, 0.2) is 23.1 Å². The molecule has 0 saturated carbocycles. The Morgan fingerprint density at radius 3 is 2.78 bits per heavy atom. The summed E-state index contributed by atoms with van der Waals surface area (Å²) in [6.45, 7) is 5.56. The Labute approximate surface area is 167 Å². The standard InChI is InChI=1S/C22H21BrO4/c1-4-15-7-9-17-21(26)13(2)11-20(25)22(17,23)16(15)8-5-14-6-10-18(24)19(12-14)27-3/h4-8,10-12,16-17,24H,1,9H2,2-3H3/t16-,17-,22+/m0/s1. The van der Waals surface area contributed by atoms with Crippen LogP contribution in [0.1, 0.15) is 18.9 Å². The van der Waals surface area contributed by atoms with Gasteiger partial charge >= 0.3 is 0 Å². The largest absolute Gasteiger partial charge is 0.504 e. The summed E-state index contributed by atoms with van der Waals surface area (Å²) in [6, 6.07) is 5.02. The average molecular weight is 429 g/mol. The van der Waals surface area contributed by atoms with Gasteiger partial charge < -0.3 is 9.84 Å². The lowest BCUT2D eigenvalue weighted by Crippen LogP contribution is -2.53. The van der Waals surface area contributed by atoms with Gasteiger partial charge in [0.1, 0.15) is 4.32 Å². The monoisotopic (exact) mass is 428 g/mol. The van der Waals surface area contributed by atoms with Gasteiger partial charge in [0.25, 0.3) is 0 Å². The van der Waals surface area contributed by atoms with Crippen LogP contribution in [0, 0.1) is 11.8 Å². The Balaban J connectivity index is 2.04. The van der Waals surface area contributed by atoms with Crippen molar-refractivity contribution in [3.63, 3.8) is 0 Å². The molecule has 0 fully saturated rings. The predicted molar refractivity (Wildman–Crippen MR) is 109 cm³/mol. The summed E-state index contributed by atoms with van der Waals surface area (Å²) < 4.78 is 4.13. The Kier molecular flexibility index (Phi) is 5.24. The Morgan fingerprint density at radius 1 is 1.37 bits per heavy atom. The minimum atomic E-state index is -1.01. The minimum absolute atomic E-state index is 0.00413. The number of aromatic hydroxyl groups is 1. The van der Waals surface area contributed by atoms with Crippen LogP contribution in [0.15, 0.2) is 60.2 Å². The molecule has 0 radical (unpaired) electrons. The van der Waals surface area contributed by atoms with Crippen LogP contribution < -0.4 is 4.74 Å². The maximum Gasteiger partial charge on any atom is 0.174 e. The molecule has 27 heavy (non-hydrogen) atoms. The third kappa shape index (κ3) is 3.21. The van der Waals surface area contributed by atoms with Crippen molar-refractivity contribution in [2.75, 3.05) is 7.11 Å². The van der Waals surface area contributed by atoms with Crippen LogP contribution in [0.25, 0.3) is 6.08 Å². The van der Waals surface area contributed by atoms with Gasteiger partial charge in [0.2, 0.25) is 0 Å². The number of ketones is 2. The van der Waals surface area contributed by atoms with Crippen molar-refractivity contribution in [2.45, 2.75) is 17.7 Å². The number of hydrogen-bond acceptors (Lipinski definition) is 4. The van der Waals surface area contributed by atoms with E-state index in [0.29, 0.717) is 17.7 Å². The van der Waals surface area contributed by atoms with Crippen LogP contribution in [0.5, 0.6) is 11.5 Å². The van der Waals surface area contributed by atoms with E-state index in [0.717, 1.165) is 11.1 Å². The van der Waals surface area contributed by atoms with Gasteiger partial charge in [-0.25, -0.2) is 0 Å². The van der Waals surface area contributed by atoms with Gasteiger partial charge in [-0.3, -0.25) is 9.59 Å². The number of hydrogen-bond donors (Lipinski definition) is 1. The predicted octanol–water partition coefficient (Wildman–Crippen LogP) is 4.39. The third-order valence-electron chi connectivity index (χ3n) is 5.26. The summed E-state index contributed by atoms with van der Waals surface area (Å²) in [5, 5.41) is 9.75. The topological polar surface area (TPSA) is 63.6 Å². The molecule has 0 amide bonds. The molecular formula is C22H21BrO4. The summed E-state index contributed by atoms with van der Waals surface area (Å²) in [5.41, 5.74) is 2.22. The van der Waals surface area contributed by atoms with Crippen LogP contribution in [-0.2, 0) is 9.59 Å². The van der Waals surface area contributed by atoms with Crippen molar-refractivity contribution >= 4 is 33.6 Å². The molecule has 4 nitrogen and oxygen atoms in total. The lowest BCUT2D eigenvalue weighted by Gasteiger charge is -2.44. The van der Waals surface area contributed by atoms with Crippen molar-refractivity contribution in [2.24, 2.45) is 11.8 Å². The van der Waals surface area contributed by atoms with Gasteiger partial charge in [0, 0.05) is 11.8 Å². The van der Waals surface area contributed by atoms with Crippen molar-refractivity contribution in [1.29, 1.82) is 0 Å². The summed E-state index contributed by atoms with van der Waals surface area (Å²) in [7, 11) is 1.49. The molecule has 2 aliphatic carbocycles. The first-order valence-corrected chi connectivity index (χ1v) is 9.45. The second-order valence-electron chi connectivity index (χ2n) is 6.79. The van der Waals surface area contributed by atoms with Gasteiger partial charge in [0.05, 0.1) is 7.11 Å². The SMILES string of the molecule is C=CC1=CC[C@H]2C(=O)C(C)=CC(=O)[C@@]2(Br)[C@H]1C=Cc1ccc(O)c(OC)c1. The summed E-state index contributed by atoms with van der Waals surface area (Å²) in [4.78, 5) is 25.6. The molecule has 0 saturated heterocycles. The number of ether oxygens (including phenoxy) is 1. The molecule has 1 N–H and O–H groups in total. The van der Waals surface area contributed by atoms with Crippen molar-refractivity contribution in [3.8, 4) is 11.5 Å². The molecule has 0 unspecified atom stereocenters. The number of fused-ring (bicyclic) bond motifs is 1. The van der Waals surface area contributed by atoms with Gasteiger partial charge in [-0.2, -0.15) is 0 Å². The zero-order valence-corrected chi connectivity index (χ0v) is 16.8. The summed E-state index contributed by atoms with van der Waals surface area (Å²) >= 11 is 3.65. The van der Waals surface area contributed by atoms with E-state index in [-0.39, 0.29) is 23.2 Å². The van der Waals surface area contributed by atoms with E-state index in [2.05, 4.69) is 22.5 Å². The van der Waals surface area contributed by atoms with Gasteiger partial charge in [-0.15, -0.1) is 0 Å². The van der Waals surface area contributed by atoms with Crippen LogP contribution >= 0.6 is 15.9 Å². The third-order valence-corrected chi connectivity index (χ3v) is 6.70. The number of phenolic OH excluding ortho intramolecular Hbond substituents is 1. The van der Waals surface area contributed by atoms with Crippen LogP contribution in [0.3, 0.4) is 0 Å². The highest BCUT2D eigenvalue weighted by atomic mass is 79.9. The molecule has 1 aromatic carbocycles. The Bertz CT molecular complexity index is 909. The number of carbonyl (C=O) groups is 2. The number of carbonyl (C=O) groups excluding carboxylic acids is 2. The second-order valence-corrected chi connectivity index (χ2v) is 8.10. The normalized spacial score (nSPS) is 27.8. The molecule has 0 heterocycles. The van der Waals surface area contributed by atoms with E-state index in [4.69, 9.17) is 4.74 Å². The second kappa shape index (κ2) is 7.31. The number of Topliss-reactive ketones (excluding diaryl/α,β-unsaturated/α-hetero) is 1. The summed E-state index contributed by atoms with van der Waals surface area (Å²) in [5.74, 6) is -0.457. The number of benzene rings is 1. The molecule has 0 aromatic heterocycles. The first-order valence-electron chi connectivity index (χ1n) is 8.66. The number of allylic oxidation sites excluding steroid dienone is 6. The first-order chi connectivity index (χ1) is 12.8. The fourth-order valence-corrected chi connectivity index (χ4v) is 4.68. The smallest absolute Gasteiger partial charge is 0.174 e. The average Bonchev–Trinajstić information content (AvgIpc) is 2.66. The maximum absolute atomic E-state index is 12.9. The molecule has 0 spiro atoms. The van der Waals surface area contributed by atoms with E-state index in [1.54, 1.807) is 31.2 Å². The highest BCUT2D eigenvalue weighted by molar-refractivity contribution is 9.10. The van der Waals surface area contributed by atoms with Crippen LogP contribution in [0.4, 0.5) is 0 Å². The highest BCUT2D eigenvalue weighted by Gasteiger charge is 2.55. The molecule has 1 aromatic rings. The maximum atomic E-state index is 12.9. The van der Waals surface area contributed by atoms with Gasteiger partial charge in [-0.1, -0.05) is 52.9 Å². The van der Waals surface area contributed by atoms with Crippen LogP contribution in [0.2, 0.25) is 0 Å². The Hall–Kier alpha value is -2.40. The number of rotatable bonds is 4. The fraction of sp³-hybridized carbons (Fsp3) is 0.273. The first kappa shape index (κ1) is 19.4. The van der Waals surface area contributed by atoms with Crippen molar-refractivity contribution in [1.82, 2.24) is 0 Å². The molecule has 0 bridgehead atoms. The lowest BCUT2D eigenvalue weighted by molar-refractivity contribution is -0.128. The van der Waals surface area contributed by atoms with E-state index in [1.165, 1.54) is 13.2 Å². The number of alkyl halides is 1. The molecule has 2 aliphatic rings. The molecule has 3 rings (SSSR count). The van der Waals surface area contributed by atoms with E-state index in [9.17, 15) is 14.7 Å². The lowest BCUT2D eigenvalue weighted by atomic mass is 9.64. The number of methoxy groups -OCH3 is 1. The number of phenols is 1. The molecule has 140 valence electrons.